The van der Waals surface area contributed by atoms with Gasteiger partial charge in [0.2, 0.25) is 11.6 Å². The third-order valence-electron chi connectivity index (χ3n) is 3.48. The molecule has 1 aromatic carbocycles. The minimum Gasteiger partial charge on any atom is -0.378 e. The quantitative estimate of drug-likeness (QED) is 0.675. The summed E-state index contributed by atoms with van der Waals surface area (Å²) in [5.41, 5.74) is -0.187. The van der Waals surface area contributed by atoms with E-state index < -0.39 is 16.6 Å². The second-order valence-corrected chi connectivity index (χ2v) is 5.00. The number of rotatable bonds is 4. The molecule has 3 rings (SSSR count). The van der Waals surface area contributed by atoms with Crippen LogP contribution in [0.25, 0.3) is 0 Å². The fourth-order valence-electron chi connectivity index (χ4n) is 2.35. The van der Waals surface area contributed by atoms with Crippen LogP contribution in [0, 0.1) is 21.7 Å². The molecular weight excluding hydrogens is 324 g/mol. The van der Waals surface area contributed by atoms with Crippen LogP contribution in [-0.4, -0.2) is 41.2 Å². The molecule has 0 radical (unpaired) electrons. The number of aromatic nitrogens is 2. The van der Waals surface area contributed by atoms with Gasteiger partial charge in [0.25, 0.3) is 0 Å². The molecular formula is C14H13F2N5O3. The Balaban J connectivity index is 1.97. The SMILES string of the molecule is O=[N+]([O-])c1c(Nc2ccc(F)c(F)c2)ncnc1N1CCOCC1. The van der Waals surface area contributed by atoms with E-state index in [9.17, 15) is 18.9 Å². The molecule has 1 aliphatic rings. The normalized spacial score (nSPS) is 14.5. The molecule has 126 valence electrons. The molecule has 0 aliphatic carbocycles. The highest BCUT2D eigenvalue weighted by molar-refractivity contribution is 5.74. The van der Waals surface area contributed by atoms with Crippen LogP contribution in [0.1, 0.15) is 0 Å². The number of halogens is 2. The first kappa shape index (κ1) is 16.0. The molecule has 0 spiro atoms. The highest BCUT2D eigenvalue weighted by Gasteiger charge is 2.28. The van der Waals surface area contributed by atoms with Gasteiger partial charge in [-0.3, -0.25) is 10.1 Å². The predicted octanol–water partition coefficient (Wildman–Crippen LogP) is 2.24. The first-order valence-electron chi connectivity index (χ1n) is 7.10. The third-order valence-corrected chi connectivity index (χ3v) is 3.48. The Hall–Kier alpha value is -2.88. The van der Waals surface area contributed by atoms with Crippen LogP contribution in [0.4, 0.5) is 31.8 Å². The number of morpholine rings is 1. The van der Waals surface area contributed by atoms with E-state index in [1.165, 1.54) is 12.4 Å². The minimum atomic E-state index is -1.06. The van der Waals surface area contributed by atoms with Gasteiger partial charge in [0.05, 0.1) is 18.1 Å². The van der Waals surface area contributed by atoms with Gasteiger partial charge in [-0.15, -0.1) is 0 Å². The number of nitrogens with one attached hydrogen (secondary N) is 1. The predicted molar refractivity (Wildman–Crippen MR) is 81.4 cm³/mol. The maximum Gasteiger partial charge on any atom is 0.353 e. The van der Waals surface area contributed by atoms with E-state index >= 15 is 0 Å². The Morgan fingerprint density at radius 1 is 1.21 bits per heavy atom. The van der Waals surface area contributed by atoms with E-state index in [-0.39, 0.29) is 23.0 Å². The Morgan fingerprint density at radius 3 is 2.62 bits per heavy atom. The van der Waals surface area contributed by atoms with Crippen molar-refractivity contribution in [2.24, 2.45) is 0 Å². The number of anilines is 3. The summed E-state index contributed by atoms with van der Waals surface area (Å²) < 4.78 is 31.5. The maximum absolute atomic E-state index is 13.3. The summed E-state index contributed by atoms with van der Waals surface area (Å²) in [5, 5.41) is 14.1. The van der Waals surface area contributed by atoms with Crippen LogP contribution < -0.4 is 10.2 Å². The fourth-order valence-corrected chi connectivity index (χ4v) is 2.35. The van der Waals surface area contributed by atoms with Crippen molar-refractivity contribution >= 4 is 23.0 Å². The summed E-state index contributed by atoms with van der Waals surface area (Å²) in [6.45, 7) is 1.80. The highest BCUT2D eigenvalue weighted by Crippen LogP contribution is 2.34. The van der Waals surface area contributed by atoms with Gasteiger partial charge in [0, 0.05) is 24.8 Å². The van der Waals surface area contributed by atoms with Crippen molar-refractivity contribution in [3.63, 3.8) is 0 Å². The lowest BCUT2D eigenvalue weighted by molar-refractivity contribution is -0.383. The van der Waals surface area contributed by atoms with Crippen LogP contribution >= 0.6 is 0 Å². The van der Waals surface area contributed by atoms with Crippen LogP contribution in [0.5, 0.6) is 0 Å². The van der Waals surface area contributed by atoms with Crippen LogP contribution in [0.15, 0.2) is 24.5 Å². The number of nitro groups is 1. The summed E-state index contributed by atoms with van der Waals surface area (Å²) in [5.74, 6) is -2.01. The molecule has 2 heterocycles. The van der Waals surface area contributed by atoms with Crippen molar-refractivity contribution in [2.75, 3.05) is 36.5 Å². The van der Waals surface area contributed by atoms with Crippen LogP contribution in [0.2, 0.25) is 0 Å². The Morgan fingerprint density at radius 2 is 1.96 bits per heavy atom. The number of benzene rings is 1. The van der Waals surface area contributed by atoms with E-state index in [0.717, 1.165) is 12.1 Å². The average molecular weight is 337 g/mol. The van der Waals surface area contributed by atoms with Gasteiger partial charge >= 0.3 is 5.69 Å². The van der Waals surface area contributed by atoms with Gasteiger partial charge in [-0.2, -0.15) is 0 Å². The van der Waals surface area contributed by atoms with Gasteiger partial charge in [0.1, 0.15) is 6.33 Å². The Kier molecular flexibility index (Phi) is 4.47. The molecule has 1 saturated heterocycles. The molecule has 8 nitrogen and oxygen atoms in total. The van der Waals surface area contributed by atoms with E-state index in [4.69, 9.17) is 4.74 Å². The lowest BCUT2D eigenvalue weighted by Crippen LogP contribution is -2.37. The van der Waals surface area contributed by atoms with Crippen molar-refractivity contribution in [3.8, 4) is 0 Å². The van der Waals surface area contributed by atoms with Crippen molar-refractivity contribution < 1.29 is 18.4 Å². The Bertz CT molecular complexity index is 768. The second kappa shape index (κ2) is 6.71. The topological polar surface area (TPSA) is 93.4 Å². The van der Waals surface area contributed by atoms with Crippen molar-refractivity contribution in [1.82, 2.24) is 9.97 Å². The summed E-state index contributed by atoms with van der Waals surface area (Å²) in [6.07, 6.45) is 1.18. The van der Waals surface area contributed by atoms with Gasteiger partial charge in [-0.25, -0.2) is 18.7 Å². The summed E-state index contributed by atoms with van der Waals surface area (Å²) in [7, 11) is 0. The molecule has 0 saturated carbocycles. The van der Waals surface area contributed by atoms with Gasteiger partial charge in [-0.1, -0.05) is 0 Å². The molecule has 0 unspecified atom stereocenters. The van der Waals surface area contributed by atoms with Crippen molar-refractivity contribution in [2.45, 2.75) is 0 Å². The number of hydrogen-bond donors (Lipinski definition) is 1. The molecule has 1 N–H and O–H groups in total. The highest BCUT2D eigenvalue weighted by atomic mass is 19.2. The van der Waals surface area contributed by atoms with Gasteiger partial charge < -0.3 is 15.0 Å². The zero-order chi connectivity index (χ0) is 17.1. The first-order valence-corrected chi connectivity index (χ1v) is 7.10. The lowest BCUT2D eigenvalue weighted by atomic mass is 10.3. The number of nitrogens with zero attached hydrogens (tertiary/aromatic N) is 4. The van der Waals surface area contributed by atoms with Crippen molar-refractivity contribution in [3.05, 3.63) is 46.3 Å². The number of ether oxygens (including phenoxy) is 1. The zero-order valence-electron chi connectivity index (χ0n) is 12.4. The van der Waals surface area contributed by atoms with E-state index in [0.29, 0.717) is 26.3 Å². The molecule has 0 atom stereocenters. The van der Waals surface area contributed by atoms with E-state index in [2.05, 4.69) is 15.3 Å². The fraction of sp³-hybridized carbons (Fsp3) is 0.286. The first-order chi connectivity index (χ1) is 11.6. The summed E-state index contributed by atoms with van der Waals surface area (Å²) >= 11 is 0. The van der Waals surface area contributed by atoms with E-state index in [1.807, 2.05) is 0 Å². The summed E-state index contributed by atoms with van der Waals surface area (Å²) in [4.78, 5) is 20.5. The second-order valence-electron chi connectivity index (χ2n) is 5.00. The monoisotopic (exact) mass is 337 g/mol. The van der Waals surface area contributed by atoms with Crippen molar-refractivity contribution in [1.29, 1.82) is 0 Å². The molecule has 10 heteroatoms. The Labute approximate surface area is 135 Å². The largest absolute Gasteiger partial charge is 0.378 e. The molecule has 2 aromatic rings. The zero-order valence-corrected chi connectivity index (χ0v) is 12.4. The molecule has 0 bridgehead atoms. The minimum absolute atomic E-state index is 0.0949. The molecule has 24 heavy (non-hydrogen) atoms. The summed E-state index contributed by atoms with van der Waals surface area (Å²) in [6, 6.07) is 3.09. The molecule has 0 amide bonds. The number of hydrogen-bond acceptors (Lipinski definition) is 7. The smallest absolute Gasteiger partial charge is 0.353 e. The average Bonchev–Trinajstić information content (AvgIpc) is 2.58. The third kappa shape index (κ3) is 3.23. The van der Waals surface area contributed by atoms with E-state index in [1.54, 1.807) is 4.90 Å². The maximum atomic E-state index is 13.3. The lowest BCUT2D eigenvalue weighted by Gasteiger charge is -2.27. The van der Waals surface area contributed by atoms with Crippen LogP contribution in [-0.2, 0) is 4.74 Å². The standard InChI is InChI=1S/C14H13F2N5O3/c15-10-2-1-9(7-11(10)16)19-13-12(21(22)23)14(18-8-17-13)20-3-5-24-6-4-20/h1-2,7-8H,3-6H2,(H,17,18,19). The molecule has 1 aliphatic heterocycles. The van der Waals surface area contributed by atoms with Crippen LogP contribution in [0.3, 0.4) is 0 Å². The van der Waals surface area contributed by atoms with Gasteiger partial charge in [-0.05, 0) is 12.1 Å². The van der Waals surface area contributed by atoms with Gasteiger partial charge in [0.15, 0.2) is 11.6 Å². The molecule has 1 aromatic heterocycles. The molecule has 1 fully saturated rings.